The van der Waals surface area contributed by atoms with Crippen LogP contribution in [0.25, 0.3) is 11.3 Å². The smallest absolute Gasteiger partial charge is 0.223 e. The number of rotatable bonds is 2. The van der Waals surface area contributed by atoms with Gasteiger partial charge in [0.25, 0.3) is 0 Å². The normalized spacial score (nSPS) is 11.4. The number of benzene rings is 1. The molecule has 1 heterocycles. The molecule has 0 aliphatic heterocycles. The minimum absolute atomic E-state index is 0.00576. The van der Waals surface area contributed by atoms with E-state index < -0.39 is 0 Å². The van der Waals surface area contributed by atoms with Gasteiger partial charge in [-0.1, -0.05) is 12.1 Å². The quantitative estimate of drug-likeness (QED) is 0.561. The lowest BCUT2D eigenvalue weighted by Crippen LogP contribution is -2.26. The van der Waals surface area contributed by atoms with Crippen molar-refractivity contribution >= 4 is 33.5 Å². The average molecular weight is 336 g/mol. The first kappa shape index (κ1) is 14.1. The predicted molar refractivity (Wildman–Crippen MR) is 83.4 cm³/mol. The van der Waals surface area contributed by atoms with E-state index in [1.165, 1.54) is 0 Å². The molecule has 0 unspecified atom stereocenters. The van der Waals surface area contributed by atoms with Gasteiger partial charge in [0.1, 0.15) is 0 Å². The summed E-state index contributed by atoms with van der Waals surface area (Å²) in [5.41, 5.74) is 18.6. The van der Waals surface area contributed by atoms with E-state index in [2.05, 4.69) is 31.0 Å². The standard InChI is InChI=1S/C12H14BrN7/c1-20-10(9(13)6-17-20)7-3-2-4-8(5-7)18-12(16)19-11(14)15/h2-6H,1H3,(H6,14,15,16,18,19). The number of nitrogens with two attached hydrogens (primary N) is 3. The molecule has 0 saturated carbocycles. The molecule has 0 spiro atoms. The summed E-state index contributed by atoms with van der Waals surface area (Å²) in [6.07, 6.45) is 1.74. The van der Waals surface area contributed by atoms with Crippen LogP contribution in [0.4, 0.5) is 5.69 Å². The van der Waals surface area contributed by atoms with Crippen LogP contribution < -0.4 is 17.2 Å². The third-order valence-corrected chi connectivity index (χ3v) is 3.08. The fraction of sp³-hybridized carbons (Fsp3) is 0.0833. The largest absolute Gasteiger partial charge is 0.370 e. The van der Waals surface area contributed by atoms with Crippen LogP contribution in [0.2, 0.25) is 0 Å². The van der Waals surface area contributed by atoms with E-state index in [1.54, 1.807) is 10.9 Å². The second-order valence-corrected chi connectivity index (χ2v) is 4.88. The zero-order valence-electron chi connectivity index (χ0n) is 10.8. The van der Waals surface area contributed by atoms with Crippen molar-refractivity contribution in [3.8, 4) is 11.3 Å². The van der Waals surface area contributed by atoms with Crippen LogP contribution in [0.3, 0.4) is 0 Å². The fourth-order valence-corrected chi connectivity index (χ4v) is 2.32. The van der Waals surface area contributed by atoms with Gasteiger partial charge in [-0.25, -0.2) is 4.99 Å². The van der Waals surface area contributed by atoms with Gasteiger partial charge in [0.15, 0.2) is 5.96 Å². The second-order valence-electron chi connectivity index (χ2n) is 4.02. The van der Waals surface area contributed by atoms with Gasteiger partial charge >= 0.3 is 0 Å². The van der Waals surface area contributed by atoms with Crippen molar-refractivity contribution in [3.63, 3.8) is 0 Å². The van der Waals surface area contributed by atoms with Crippen LogP contribution in [-0.2, 0) is 7.05 Å². The molecule has 0 radical (unpaired) electrons. The van der Waals surface area contributed by atoms with Crippen LogP contribution in [-0.4, -0.2) is 21.7 Å². The van der Waals surface area contributed by atoms with Crippen molar-refractivity contribution in [1.29, 1.82) is 0 Å². The van der Waals surface area contributed by atoms with Gasteiger partial charge in [-0.15, -0.1) is 0 Å². The molecule has 104 valence electrons. The molecular weight excluding hydrogens is 322 g/mol. The van der Waals surface area contributed by atoms with E-state index in [9.17, 15) is 0 Å². The third kappa shape index (κ3) is 3.15. The molecule has 0 atom stereocenters. The summed E-state index contributed by atoms with van der Waals surface area (Å²) in [7, 11) is 1.86. The summed E-state index contributed by atoms with van der Waals surface area (Å²) >= 11 is 3.46. The third-order valence-electron chi connectivity index (χ3n) is 2.50. The van der Waals surface area contributed by atoms with Gasteiger partial charge in [-0.05, 0) is 28.1 Å². The van der Waals surface area contributed by atoms with E-state index in [-0.39, 0.29) is 11.9 Å². The van der Waals surface area contributed by atoms with Gasteiger partial charge in [-0.2, -0.15) is 10.1 Å². The van der Waals surface area contributed by atoms with Crippen LogP contribution in [0.5, 0.6) is 0 Å². The number of hydrogen-bond acceptors (Lipinski definition) is 2. The van der Waals surface area contributed by atoms with Crippen LogP contribution in [0.1, 0.15) is 0 Å². The van der Waals surface area contributed by atoms with Crippen molar-refractivity contribution in [2.45, 2.75) is 0 Å². The van der Waals surface area contributed by atoms with Crippen LogP contribution in [0.15, 0.2) is 44.9 Å². The van der Waals surface area contributed by atoms with Crippen LogP contribution in [0, 0.1) is 0 Å². The topological polar surface area (TPSA) is 121 Å². The van der Waals surface area contributed by atoms with Crippen molar-refractivity contribution in [1.82, 2.24) is 9.78 Å². The van der Waals surface area contributed by atoms with Gasteiger partial charge in [0, 0.05) is 12.6 Å². The van der Waals surface area contributed by atoms with Gasteiger partial charge in [-0.3, -0.25) is 4.68 Å². The molecule has 8 heteroatoms. The Morgan fingerprint density at radius 1 is 1.30 bits per heavy atom. The SMILES string of the molecule is Cn1ncc(Br)c1-c1cccc(N=C(N)N=C(N)N)c1. The predicted octanol–water partition coefficient (Wildman–Crippen LogP) is 1.07. The maximum atomic E-state index is 5.61. The Morgan fingerprint density at radius 3 is 2.65 bits per heavy atom. The van der Waals surface area contributed by atoms with E-state index in [1.807, 2.05) is 31.3 Å². The number of aliphatic imine (C=N–C) groups is 2. The molecule has 6 N–H and O–H groups in total. The van der Waals surface area contributed by atoms with Crippen LogP contribution >= 0.6 is 15.9 Å². The first-order chi connectivity index (χ1) is 9.47. The lowest BCUT2D eigenvalue weighted by atomic mass is 10.1. The molecule has 1 aromatic carbocycles. The molecule has 1 aromatic heterocycles. The van der Waals surface area contributed by atoms with Crippen molar-refractivity contribution < 1.29 is 0 Å². The van der Waals surface area contributed by atoms with Crippen molar-refractivity contribution in [2.75, 3.05) is 0 Å². The van der Waals surface area contributed by atoms with E-state index in [0.29, 0.717) is 5.69 Å². The molecule has 20 heavy (non-hydrogen) atoms. The molecule has 0 amide bonds. The molecule has 0 fully saturated rings. The molecule has 0 saturated heterocycles. The highest BCUT2D eigenvalue weighted by molar-refractivity contribution is 9.10. The van der Waals surface area contributed by atoms with E-state index >= 15 is 0 Å². The minimum Gasteiger partial charge on any atom is -0.370 e. The molecule has 7 nitrogen and oxygen atoms in total. The number of hydrogen-bond donors (Lipinski definition) is 3. The zero-order valence-corrected chi connectivity index (χ0v) is 12.4. The minimum atomic E-state index is -0.128. The monoisotopic (exact) mass is 335 g/mol. The van der Waals surface area contributed by atoms with Gasteiger partial charge in [0.05, 0.1) is 22.1 Å². The van der Waals surface area contributed by atoms with Gasteiger partial charge < -0.3 is 17.2 Å². The first-order valence-electron chi connectivity index (χ1n) is 5.69. The molecule has 0 aliphatic rings. The van der Waals surface area contributed by atoms with Gasteiger partial charge in [0.2, 0.25) is 5.96 Å². The average Bonchev–Trinajstić information content (AvgIpc) is 2.68. The molecule has 0 bridgehead atoms. The summed E-state index contributed by atoms with van der Waals surface area (Å²) in [6.45, 7) is 0. The Bertz CT molecular complexity index is 663. The van der Waals surface area contributed by atoms with Crippen molar-refractivity contribution in [3.05, 3.63) is 34.9 Å². The Morgan fingerprint density at radius 2 is 2.05 bits per heavy atom. The molecular formula is C12H14BrN7. The fourth-order valence-electron chi connectivity index (χ4n) is 1.75. The number of halogens is 1. The maximum Gasteiger partial charge on any atom is 0.223 e. The summed E-state index contributed by atoms with van der Waals surface area (Å²) < 4.78 is 2.67. The Balaban J connectivity index is 2.41. The molecule has 2 rings (SSSR count). The Kier molecular flexibility index (Phi) is 4.04. The summed E-state index contributed by atoms with van der Waals surface area (Å²) in [4.78, 5) is 7.80. The Hall–Kier alpha value is -2.35. The summed E-state index contributed by atoms with van der Waals surface area (Å²) in [5.74, 6) is -0.122. The van der Waals surface area contributed by atoms with E-state index in [0.717, 1.165) is 15.7 Å². The second kappa shape index (κ2) is 5.74. The molecule has 0 aliphatic carbocycles. The maximum absolute atomic E-state index is 5.61. The number of nitrogens with zero attached hydrogens (tertiary/aromatic N) is 4. The van der Waals surface area contributed by atoms with Crippen molar-refractivity contribution in [2.24, 2.45) is 34.2 Å². The lowest BCUT2D eigenvalue weighted by Gasteiger charge is -2.04. The highest BCUT2D eigenvalue weighted by atomic mass is 79.9. The summed E-state index contributed by atoms with van der Waals surface area (Å²) in [6, 6.07) is 7.51. The lowest BCUT2D eigenvalue weighted by molar-refractivity contribution is 0.776. The number of guanidine groups is 2. The Labute approximate surface area is 124 Å². The summed E-state index contributed by atoms with van der Waals surface area (Å²) in [5, 5.41) is 4.18. The number of aryl methyl sites for hydroxylation is 1. The first-order valence-corrected chi connectivity index (χ1v) is 6.48. The highest BCUT2D eigenvalue weighted by Crippen LogP contribution is 2.29. The van der Waals surface area contributed by atoms with E-state index in [4.69, 9.17) is 17.2 Å². The zero-order chi connectivity index (χ0) is 14.7. The highest BCUT2D eigenvalue weighted by Gasteiger charge is 2.09. The molecule has 2 aromatic rings. The number of aromatic nitrogens is 2.